The van der Waals surface area contributed by atoms with Crippen LogP contribution < -0.4 is 15.4 Å². The molecule has 1 aromatic heterocycles. The van der Waals surface area contributed by atoms with Crippen molar-refractivity contribution in [3.8, 4) is 22.8 Å². The zero-order chi connectivity index (χ0) is 50.6. The molecule has 1 aliphatic rings. The number of carbonyl (C=O) groups is 5. The number of nitrogens with one attached hydrogen (secondary N) is 2. The van der Waals surface area contributed by atoms with E-state index in [-0.39, 0.29) is 50.8 Å². The van der Waals surface area contributed by atoms with Crippen LogP contribution in [0.3, 0.4) is 0 Å². The first-order valence-electron chi connectivity index (χ1n) is 23.4. The van der Waals surface area contributed by atoms with Crippen molar-refractivity contribution in [2.24, 2.45) is 13.0 Å². The molecule has 5 amide bonds. The number of ether oxygens (including phenoxy) is 2. The van der Waals surface area contributed by atoms with Crippen LogP contribution in [0, 0.1) is 5.92 Å². The summed E-state index contributed by atoms with van der Waals surface area (Å²) in [6.45, 7) is 5.03. The Morgan fingerprint density at radius 3 is 2.16 bits per heavy atom. The summed E-state index contributed by atoms with van der Waals surface area (Å²) in [6.07, 6.45) is 1.69. The first-order valence-corrected chi connectivity index (χ1v) is 24.2. The van der Waals surface area contributed by atoms with Crippen molar-refractivity contribution < 1.29 is 38.6 Å². The van der Waals surface area contributed by atoms with Gasteiger partial charge in [0, 0.05) is 80.9 Å². The number of imidazole rings is 1. The molecule has 372 valence electrons. The van der Waals surface area contributed by atoms with E-state index < -0.39 is 53.9 Å². The first-order chi connectivity index (χ1) is 33.5. The zero-order valence-corrected chi connectivity index (χ0v) is 42.2. The molecular formula is C53H63Cl2N7O8. The Morgan fingerprint density at radius 1 is 0.814 bits per heavy atom. The third-order valence-electron chi connectivity index (χ3n) is 13.0. The first kappa shape index (κ1) is 53.1. The van der Waals surface area contributed by atoms with Gasteiger partial charge in [-0.2, -0.15) is 0 Å². The Hall–Kier alpha value is -6.26. The molecule has 0 aliphatic carbocycles. The zero-order valence-electron chi connectivity index (χ0n) is 40.7. The number of rotatable bonds is 13. The Balaban J connectivity index is 1.36. The van der Waals surface area contributed by atoms with Gasteiger partial charge < -0.3 is 44.5 Å². The summed E-state index contributed by atoms with van der Waals surface area (Å²) in [7, 11) is 6.48. The van der Waals surface area contributed by atoms with Crippen molar-refractivity contribution in [2.45, 2.75) is 89.7 Å². The number of benzene rings is 4. The molecule has 15 nitrogen and oxygen atoms in total. The predicted molar refractivity (Wildman–Crippen MR) is 269 cm³/mol. The van der Waals surface area contributed by atoms with Gasteiger partial charge in [-0.25, -0.2) is 4.98 Å². The highest BCUT2D eigenvalue weighted by Crippen LogP contribution is 2.33. The van der Waals surface area contributed by atoms with E-state index in [4.69, 9.17) is 32.7 Å². The SMILES string of the molecule is CCC(O)c1ncc(-c2ccc(Oc3cc(Cl)ccc3CN3C(=O)C[C@@H](Cc4ccccc4)C(=O)N(C)[C@@H](C)CNC(=O)C[C@H](Cc4ccc(Cl)cc4)N(C)C(=O)[C@H](COC)NC(=O)[C@@H]3C)cc2)n1C. The second-order valence-electron chi connectivity index (χ2n) is 17.9. The van der Waals surface area contributed by atoms with Crippen LogP contribution in [-0.4, -0.2) is 117 Å². The molecule has 5 aromatic rings. The summed E-state index contributed by atoms with van der Waals surface area (Å²) < 4.78 is 13.8. The van der Waals surface area contributed by atoms with Crippen molar-refractivity contribution in [1.82, 2.24) is 34.9 Å². The maximum atomic E-state index is 15.0. The van der Waals surface area contributed by atoms with Crippen LogP contribution in [0.1, 0.15) is 68.7 Å². The number of hydrogen-bond acceptors (Lipinski definition) is 9. The standard InChI is InChI=1S/C53H63Cl2N7O8/c1-8-46(63)50-57-30-45(61(50)6)37-17-22-43(23-18-37)70-47-27-41(55)21-16-38(47)31-62-34(3)51(66)58-44(32-69-7)53(68)60(5)42(25-36-14-19-40(54)20-15-36)28-48(64)56-29-33(2)59(4)52(67)39(26-49(62)65)24-35-12-10-9-11-13-35/h9-23,27,30,33-34,39,42,44,46,63H,8,24-26,28-29,31-32H2,1-7H3,(H,56,64)(H,58,66)/t33-,34-,39+,42-,44-,46?/m0/s1. The molecule has 0 spiro atoms. The Bertz CT molecular complexity index is 2590. The average Bonchev–Trinajstić information content (AvgIpc) is 3.74. The molecule has 4 aromatic carbocycles. The number of aliphatic hydroxyl groups is 1. The van der Waals surface area contributed by atoms with E-state index in [1.54, 1.807) is 74.6 Å². The Morgan fingerprint density at radius 2 is 1.49 bits per heavy atom. The number of aliphatic hydroxyl groups excluding tert-OH is 1. The van der Waals surface area contributed by atoms with Crippen molar-refractivity contribution in [1.29, 1.82) is 0 Å². The molecule has 3 N–H and O–H groups in total. The minimum Gasteiger partial charge on any atom is -0.457 e. The molecule has 2 heterocycles. The molecule has 0 radical (unpaired) electrons. The summed E-state index contributed by atoms with van der Waals surface area (Å²) in [5.74, 6) is -1.84. The molecule has 70 heavy (non-hydrogen) atoms. The van der Waals surface area contributed by atoms with Crippen LogP contribution >= 0.6 is 23.2 Å². The van der Waals surface area contributed by atoms with E-state index in [2.05, 4.69) is 15.6 Å². The van der Waals surface area contributed by atoms with Gasteiger partial charge in [0.1, 0.15) is 35.5 Å². The number of nitrogens with zero attached hydrogens (tertiary/aromatic N) is 5. The highest BCUT2D eigenvalue weighted by Gasteiger charge is 2.36. The fourth-order valence-corrected chi connectivity index (χ4v) is 8.77. The predicted octanol–water partition coefficient (Wildman–Crippen LogP) is 7.16. The van der Waals surface area contributed by atoms with Gasteiger partial charge in [0.05, 0.1) is 31.0 Å². The molecule has 1 aliphatic heterocycles. The Labute approximate surface area is 420 Å². The van der Waals surface area contributed by atoms with Crippen LogP contribution in [0.25, 0.3) is 11.3 Å². The maximum absolute atomic E-state index is 15.0. The normalized spacial score (nSPS) is 20.7. The summed E-state index contributed by atoms with van der Waals surface area (Å²) in [5.41, 5.74) is 3.82. The van der Waals surface area contributed by atoms with Crippen molar-refractivity contribution in [3.63, 3.8) is 0 Å². The van der Waals surface area contributed by atoms with Crippen LogP contribution in [0.2, 0.25) is 10.0 Å². The topological polar surface area (TPSA) is 176 Å². The highest BCUT2D eigenvalue weighted by molar-refractivity contribution is 6.31. The van der Waals surface area contributed by atoms with E-state index in [0.29, 0.717) is 45.8 Å². The molecule has 1 fully saturated rings. The van der Waals surface area contributed by atoms with Gasteiger partial charge in [-0.05, 0) is 92.8 Å². The quantitative estimate of drug-likeness (QED) is 0.111. The lowest BCUT2D eigenvalue weighted by Crippen LogP contribution is -2.57. The van der Waals surface area contributed by atoms with Gasteiger partial charge in [0.15, 0.2) is 0 Å². The summed E-state index contributed by atoms with van der Waals surface area (Å²) in [5, 5.41) is 17.1. The molecule has 6 rings (SSSR count). The van der Waals surface area contributed by atoms with Crippen molar-refractivity contribution >= 4 is 52.7 Å². The van der Waals surface area contributed by atoms with Crippen LogP contribution in [-0.2, 0) is 55.1 Å². The molecule has 1 saturated heterocycles. The number of hydrogen-bond donors (Lipinski definition) is 3. The number of aromatic nitrogens is 2. The second-order valence-corrected chi connectivity index (χ2v) is 18.8. The van der Waals surface area contributed by atoms with E-state index in [1.807, 2.05) is 80.1 Å². The fraction of sp³-hybridized carbons (Fsp3) is 0.396. The van der Waals surface area contributed by atoms with Gasteiger partial charge in [-0.3, -0.25) is 24.0 Å². The van der Waals surface area contributed by atoms with Crippen LogP contribution in [0.4, 0.5) is 0 Å². The third kappa shape index (κ3) is 13.5. The summed E-state index contributed by atoms with van der Waals surface area (Å²) in [6, 6.07) is 25.3. The van der Waals surface area contributed by atoms with Crippen molar-refractivity contribution in [3.05, 3.63) is 136 Å². The van der Waals surface area contributed by atoms with Crippen LogP contribution in [0.5, 0.6) is 11.5 Å². The van der Waals surface area contributed by atoms with Gasteiger partial charge in [0.2, 0.25) is 29.5 Å². The number of likely N-dealkylation sites (N-methyl/N-ethyl adjacent to an activating group) is 2. The van der Waals surface area contributed by atoms with E-state index >= 15 is 4.79 Å². The van der Waals surface area contributed by atoms with Gasteiger partial charge in [-0.15, -0.1) is 0 Å². The van der Waals surface area contributed by atoms with Crippen molar-refractivity contribution in [2.75, 3.05) is 34.4 Å². The molecule has 1 unspecified atom stereocenters. The third-order valence-corrected chi connectivity index (χ3v) is 13.5. The lowest BCUT2D eigenvalue weighted by Gasteiger charge is -2.35. The largest absolute Gasteiger partial charge is 0.457 e. The average molecular weight is 997 g/mol. The lowest BCUT2D eigenvalue weighted by molar-refractivity contribution is -0.147. The molecule has 17 heteroatoms. The van der Waals surface area contributed by atoms with Crippen LogP contribution in [0.15, 0.2) is 103 Å². The maximum Gasteiger partial charge on any atom is 0.247 e. The lowest BCUT2D eigenvalue weighted by atomic mass is 9.93. The van der Waals surface area contributed by atoms with Gasteiger partial charge in [0.25, 0.3) is 0 Å². The van der Waals surface area contributed by atoms with Gasteiger partial charge >= 0.3 is 0 Å². The molecule has 0 saturated carbocycles. The number of halogens is 2. The Kier molecular flexibility index (Phi) is 18.6. The highest BCUT2D eigenvalue weighted by atomic mass is 35.5. The number of methoxy groups -OCH3 is 1. The summed E-state index contributed by atoms with van der Waals surface area (Å²) >= 11 is 12.8. The minimum atomic E-state index is -1.20. The number of amides is 5. The van der Waals surface area contributed by atoms with E-state index in [9.17, 15) is 24.3 Å². The molecule has 6 atom stereocenters. The minimum absolute atomic E-state index is 0.0802. The second kappa shape index (κ2) is 24.5. The number of carbonyl (C=O) groups excluding carboxylic acids is 5. The smallest absolute Gasteiger partial charge is 0.247 e. The summed E-state index contributed by atoms with van der Waals surface area (Å²) in [4.78, 5) is 81.1. The molecular weight excluding hydrogens is 934 g/mol. The van der Waals surface area contributed by atoms with E-state index in [1.165, 1.54) is 16.9 Å². The molecule has 0 bridgehead atoms. The fourth-order valence-electron chi connectivity index (χ4n) is 8.49. The van der Waals surface area contributed by atoms with E-state index in [0.717, 1.165) is 22.4 Å². The monoisotopic (exact) mass is 995 g/mol. The van der Waals surface area contributed by atoms with Gasteiger partial charge in [-0.1, -0.05) is 78.7 Å².